The van der Waals surface area contributed by atoms with Crippen molar-refractivity contribution in [2.45, 2.75) is 39.4 Å². The SMILES string of the molecule is CNC(C)C(=O)Nc1ccc2c(n1)CN(C(C)C)C(=O)N2c1ccc(Cl)cc1.Cl. The molecule has 2 N–H and O–H groups in total. The molecule has 1 aliphatic rings. The van der Waals surface area contributed by atoms with Crippen molar-refractivity contribution in [3.8, 4) is 0 Å². The van der Waals surface area contributed by atoms with E-state index in [0.29, 0.717) is 28.8 Å². The van der Waals surface area contributed by atoms with Crippen LogP contribution in [0.3, 0.4) is 0 Å². The van der Waals surface area contributed by atoms with E-state index < -0.39 is 0 Å². The predicted molar refractivity (Wildman–Crippen MR) is 118 cm³/mol. The maximum Gasteiger partial charge on any atom is 0.329 e. The number of aromatic nitrogens is 1. The largest absolute Gasteiger partial charge is 0.329 e. The molecule has 29 heavy (non-hydrogen) atoms. The highest BCUT2D eigenvalue weighted by atomic mass is 35.5. The maximum atomic E-state index is 13.1. The summed E-state index contributed by atoms with van der Waals surface area (Å²) in [5.74, 6) is 0.289. The smallest absolute Gasteiger partial charge is 0.316 e. The third-order valence-electron chi connectivity index (χ3n) is 4.73. The zero-order chi connectivity index (χ0) is 20.4. The molecule has 0 bridgehead atoms. The van der Waals surface area contributed by atoms with E-state index in [1.807, 2.05) is 19.9 Å². The van der Waals surface area contributed by atoms with Gasteiger partial charge in [-0.25, -0.2) is 9.78 Å². The highest BCUT2D eigenvalue weighted by Gasteiger charge is 2.34. The fraction of sp³-hybridized carbons (Fsp3) is 0.350. The fourth-order valence-corrected chi connectivity index (χ4v) is 3.08. The lowest BCUT2D eigenvalue weighted by Crippen LogP contribution is -2.48. The van der Waals surface area contributed by atoms with Crippen LogP contribution in [-0.2, 0) is 11.3 Å². The normalized spacial score (nSPS) is 14.3. The lowest BCUT2D eigenvalue weighted by molar-refractivity contribution is -0.117. The monoisotopic (exact) mass is 437 g/mol. The predicted octanol–water partition coefficient (Wildman–Crippen LogP) is 4.19. The molecule has 0 radical (unpaired) electrons. The summed E-state index contributed by atoms with van der Waals surface area (Å²) < 4.78 is 0. The molecule has 7 nitrogen and oxygen atoms in total. The van der Waals surface area contributed by atoms with Crippen LogP contribution in [0.5, 0.6) is 0 Å². The quantitative estimate of drug-likeness (QED) is 0.734. The summed E-state index contributed by atoms with van der Waals surface area (Å²) in [7, 11) is 1.72. The number of amides is 3. The third-order valence-corrected chi connectivity index (χ3v) is 4.99. The maximum absolute atomic E-state index is 13.1. The van der Waals surface area contributed by atoms with Crippen molar-refractivity contribution in [2.75, 3.05) is 17.3 Å². The average molecular weight is 438 g/mol. The minimum atomic E-state index is -0.336. The van der Waals surface area contributed by atoms with Crippen molar-refractivity contribution >= 4 is 53.1 Å². The number of nitrogens with zero attached hydrogens (tertiary/aromatic N) is 3. The third kappa shape index (κ3) is 4.80. The Morgan fingerprint density at radius 3 is 2.38 bits per heavy atom. The molecule has 1 aromatic heterocycles. The molecular formula is C20H25Cl2N5O2. The molecule has 0 saturated carbocycles. The van der Waals surface area contributed by atoms with Gasteiger partial charge in [0.15, 0.2) is 0 Å². The van der Waals surface area contributed by atoms with Crippen LogP contribution in [0.15, 0.2) is 36.4 Å². The zero-order valence-corrected chi connectivity index (χ0v) is 18.3. The van der Waals surface area contributed by atoms with Crippen LogP contribution in [0.2, 0.25) is 5.02 Å². The molecule has 0 fully saturated rings. The average Bonchev–Trinajstić information content (AvgIpc) is 2.67. The number of urea groups is 1. The van der Waals surface area contributed by atoms with Crippen LogP contribution in [0.4, 0.5) is 22.0 Å². The van der Waals surface area contributed by atoms with Crippen molar-refractivity contribution in [1.82, 2.24) is 15.2 Å². The topological polar surface area (TPSA) is 77.6 Å². The van der Waals surface area contributed by atoms with Crippen LogP contribution in [0, 0.1) is 0 Å². The van der Waals surface area contributed by atoms with Gasteiger partial charge in [-0.05, 0) is 64.2 Å². The van der Waals surface area contributed by atoms with E-state index in [0.717, 1.165) is 5.69 Å². The van der Waals surface area contributed by atoms with Crippen molar-refractivity contribution in [3.63, 3.8) is 0 Å². The Hall–Kier alpha value is -2.35. The molecule has 0 saturated heterocycles. The molecule has 156 valence electrons. The van der Waals surface area contributed by atoms with Gasteiger partial charge in [0.05, 0.1) is 29.7 Å². The number of hydrogen-bond acceptors (Lipinski definition) is 4. The van der Waals surface area contributed by atoms with Gasteiger partial charge in [0, 0.05) is 11.1 Å². The molecule has 3 rings (SSSR count). The van der Waals surface area contributed by atoms with Crippen molar-refractivity contribution in [3.05, 3.63) is 47.1 Å². The van der Waals surface area contributed by atoms with Gasteiger partial charge in [-0.15, -0.1) is 12.4 Å². The number of anilines is 3. The van der Waals surface area contributed by atoms with E-state index in [1.54, 1.807) is 54.1 Å². The van der Waals surface area contributed by atoms with Crippen LogP contribution in [0.1, 0.15) is 26.5 Å². The van der Waals surface area contributed by atoms with Crippen molar-refractivity contribution < 1.29 is 9.59 Å². The molecule has 1 aliphatic heterocycles. The molecule has 0 aliphatic carbocycles. The van der Waals surface area contributed by atoms with E-state index in [9.17, 15) is 9.59 Å². The number of nitrogens with one attached hydrogen (secondary N) is 2. The Kier molecular flexibility index (Phi) is 7.46. The second kappa shape index (κ2) is 9.43. The first-order valence-corrected chi connectivity index (χ1v) is 9.54. The van der Waals surface area contributed by atoms with Gasteiger partial charge in [0.1, 0.15) is 5.82 Å². The van der Waals surface area contributed by atoms with E-state index in [2.05, 4.69) is 15.6 Å². The number of hydrogen-bond donors (Lipinski definition) is 2. The second-order valence-electron chi connectivity index (χ2n) is 6.98. The number of likely N-dealkylation sites (N-methyl/N-ethyl adjacent to an activating group) is 1. The number of fused-ring (bicyclic) bond motifs is 1. The Labute approximate surface area is 181 Å². The lowest BCUT2D eigenvalue weighted by atomic mass is 10.1. The molecule has 0 spiro atoms. The molecule has 2 heterocycles. The fourth-order valence-electron chi connectivity index (χ4n) is 2.95. The van der Waals surface area contributed by atoms with Crippen LogP contribution in [0.25, 0.3) is 0 Å². The van der Waals surface area contributed by atoms with Crippen molar-refractivity contribution in [2.24, 2.45) is 0 Å². The first-order chi connectivity index (χ1) is 13.3. The van der Waals surface area contributed by atoms with Crippen LogP contribution in [-0.4, -0.2) is 41.0 Å². The Bertz CT molecular complexity index is 889. The number of rotatable bonds is 5. The van der Waals surface area contributed by atoms with E-state index in [-0.39, 0.29) is 36.4 Å². The Morgan fingerprint density at radius 1 is 1.14 bits per heavy atom. The van der Waals surface area contributed by atoms with E-state index >= 15 is 0 Å². The van der Waals surface area contributed by atoms with Crippen molar-refractivity contribution in [1.29, 1.82) is 0 Å². The zero-order valence-electron chi connectivity index (χ0n) is 16.8. The first-order valence-electron chi connectivity index (χ1n) is 9.16. The first kappa shape index (κ1) is 22.9. The minimum Gasteiger partial charge on any atom is -0.316 e. The molecule has 3 amide bonds. The van der Waals surface area contributed by atoms with E-state index in [1.165, 1.54) is 0 Å². The lowest BCUT2D eigenvalue weighted by Gasteiger charge is -2.38. The highest BCUT2D eigenvalue weighted by Crippen LogP contribution is 2.36. The number of carbonyl (C=O) groups is 2. The second-order valence-corrected chi connectivity index (χ2v) is 7.41. The number of halogens is 2. The molecular weight excluding hydrogens is 413 g/mol. The molecule has 9 heteroatoms. The van der Waals surface area contributed by atoms with Crippen LogP contribution >= 0.6 is 24.0 Å². The molecule has 1 atom stereocenters. The Morgan fingerprint density at radius 2 is 1.79 bits per heavy atom. The number of benzene rings is 1. The summed E-state index contributed by atoms with van der Waals surface area (Å²) in [6.07, 6.45) is 0. The molecule has 1 aromatic carbocycles. The minimum absolute atomic E-state index is 0. The summed E-state index contributed by atoms with van der Waals surface area (Å²) in [5, 5.41) is 6.31. The number of pyridine rings is 1. The summed E-state index contributed by atoms with van der Waals surface area (Å²) in [6.45, 7) is 6.07. The van der Waals surface area contributed by atoms with Gasteiger partial charge in [-0.2, -0.15) is 0 Å². The summed E-state index contributed by atoms with van der Waals surface area (Å²) in [6, 6.07) is 10.2. The van der Waals surface area contributed by atoms with Gasteiger partial charge < -0.3 is 15.5 Å². The van der Waals surface area contributed by atoms with Gasteiger partial charge in [0.2, 0.25) is 5.91 Å². The number of carbonyl (C=O) groups excluding carboxylic acids is 2. The standard InChI is InChI=1S/C20H24ClN5O2.ClH/c1-12(2)25-11-16-17(9-10-18(23-16)24-19(27)13(3)22-4)26(20(25)28)15-7-5-14(21)6-8-15;/h5-10,12-13,22H,11H2,1-4H3,(H,23,24,27);1H. The summed E-state index contributed by atoms with van der Waals surface area (Å²) >= 11 is 6.00. The summed E-state index contributed by atoms with van der Waals surface area (Å²) in [4.78, 5) is 33.3. The molecule has 2 aromatic rings. The summed E-state index contributed by atoms with van der Waals surface area (Å²) in [5.41, 5.74) is 2.13. The van der Waals surface area contributed by atoms with Crippen LogP contribution < -0.4 is 15.5 Å². The van der Waals surface area contributed by atoms with E-state index in [4.69, 9.17) is 11.6 Å². The Balaban J connectivity index is 0.00000300. The highest BCUT2D eigenvalue weighted by molar-refractivity contribution is 6.30. The van der Waals surface area contributed by atoms with Gasteiger partial charge in [-0.3, -0.25) is 9.69 Å². The van der Waals surface area contributed by atoms with Gasteiger partial charge >= 0.3 is 6.03 Å². The molecule has 1 unspecified atom stereocenters. The van der Waals surface area contributed by atoms with Gasteiger partial charge in [-0.1, -0.05) is 11.6 Å². The van der Waals surface area contributed by atoms with Gasteiger partial charge in [0.25, 0.3) is 0 Å².